The minimum atomic E-state index is -0.872. The van der Waals surface area contributed by atoms with E-state index < -0.39 is 11.6 Å². The molecule has 0 unspecified atom stereocenters. The van der Waals surface area contributed by atoms with Gasteiger partial charge < -0.3 is 0 Å². The molecule has 0 aliphatic heterocycles. The number of hydrogen-bond acceptors (Lipinski definition) is 0. The summed E-state index contributed by atoms with van der Waals surface area (Å²) in [7, 11) is 0. The molecule has 0 saturated heterocycles. The van der Waals surface area contributed by atoms with Crippen LogP contribution in [0, 0.1) is 35.3 Å². The van der Waals surface area contributed by atoms with Crippen molar-refractivity contribution in [3.8, 4) is 23.7 Å². The average molecular weight is 441 g/mol. The molecule has 0 spiro atoms. The Morgan fingerprint density at radius 1 is 0.545 bits per heavy atom. The van der Waals surface area contributed by atoms with Crippen molar-refractivity contribution in [2.75, 3.05) is 0 Å². The fourth-order valence-electron chi connectivity index (χ4n) is 3.58. The van der Waals surface area contributed by atoms with Gasteiger partial charge in [0, 0.05) is 16.7 Å². The Kier molecular flexibility index (Phi) is 9.29. The van der Waals surface area contributed by atoms with E-state index in [9.17, 15) is 8.78 Å². The van der Waals surface area contributed by atoms with E-state index in [4.69, 9.17) is 0 Å². The Morgan fingerprint density at radius 3 is 1.70 bits per heavy atom. The van der Waals surface area contributed by atoms with Gasteiger partial charge in [-0.2, -0.15) is 0 Å². The lowest BCUT2D eigenvalue weighted by molar-refractivity contribution is 0.496. The van der Waals surface area contributed by atoms with Crippen molar-refractivity contribution in [1.82, 2.24) is 0 Å². The molecule has 3 aromatic carbocycles. The van der Waals surface area contributed by atoms with Crippen LogP contribution in [0.5, 0.6) is 0 Å². The van der Waals surface area contributed by atoms with E-state index in [2.05, 4.69) is 54.9 Å². The molecule has 0 amide bonds. The van der Waals surface area contributed by atoms with Gasteiger partial charge in [0.05, 0.1) is 5.56 Å². The van der Waals surface area contributed by atoms with Crippen molar-refractivity contribution >= 4 is 0 Å². The molecular formula is C31H30F2. The Labute approximate surface area is 197 Å². The highest BCUT2D eigenvalue weighted by Gasteiger charge is 2.11. The minimum Gasteiger partial charge on any atom is -0.203 e. The molecular weight excluding hydrogens is 410 g/mol. The van der Waals surface area contributed by atoms with Crippen LogP contribution < -0.4 is 0 Å². The van der Waals surface area contributed by atoms with Crippen LogP contribution in [0.4, 0.5) is 8.78 Å². The van der Waals surface area contributed by atoms with Crippen LogP contribution in [-0.4, -0.2) is 0 Å². The predicted molar refractivity (Wildman–Crippen MR) is 133 cm³/mol. The van der Waals surface area contributed by atoms with Gasteiger partial charge in [0.2, 0.25) is 0 Å². The lowest BCUT2D eigenvalue weighted by atomic mass is 10.0. The first-order chi connectivity index (χ1) is 16.1. The fraction of sp³-hybridized carbons (Fsp3) is 0.290. The van der Waals surface area contributed by atoms with Crippen LogP contribution in [0.1, 0.15) is 79.3 Å². The smallest absolute Gasteiger partial charge is 0.174 e. The summed E-state index contributed by atoms with van der Waals surface area (Å²) >= 11 is 0. The first-order valence-corrected chi connectivity index (χ1v) is 11.8. The Bertz CT molecular complexity index is 1160. The van der Waals surface area contributed by atoms with E-state index in [1.54, 1.807) is 12.1 Å². The quantitative estimate of drug-likeness (QED) is 0.259. The number of benzene rings is 3. The third-order valence-electron chi connectivity index (χ3n) is 5.53. The molecule has 0 atom stereocenters. The molecule has 0 saturated carbocycles. The topological polar surface area (TPSA) is 0 Å². The number of aryl methyl sites for hydroxylation is 2. The number of halogens is 2. The highest BCUT2D eigenvalue weighted by atomic mass is 19.2. The van der Waals surface area contributed by atoms with Crippen molar-refractivity contribution in [2.24, 2.45) is 0 Å². The van der Waals surface area contributed by atoms with E-state index in [1.165, 1.54) is 31.2 Å². The molecule has 0 nitrogen and oxygen atoms in total. The maximum Gasteiger partial charge on any atom is 0.174 e. The van der Waals surface area contributed by atoms with Crippen LogP contribution >= 0.6 is 0 Å². The second-order valence-electron chi connectivity index (χ2n) is 8.24. The second-order valence-corrected chi connectivity index (χ2v) is 8.24. The van der Waals surface area contributed by atoms with E-state index in [-0.39, 0.29) is 5.56 Å². The van der Waals surface area contributed by atoms with Gasteiger partial charge in [-0.15, -0.1) is 0 Å². The third kappa shape index (κ3) is 7.34. The first kappa shape index (κ1) is 24.3. The predicted octanol–water partition coefficient (Wildman–Crippen LogP) is 7.84. The van der Waals surface area contributed by atoms with Crippen molar-refractivity contribution in [2.45, 2.75) is 58.8 Å². The maximum atomic E-state index is 14.2. The van der Waals surface area contributed by atoms with Gasteiger partial charge >= 0.3 is 0 Å². The van der Waals surface area contributed by atoms with Gasteiger partial charge in [-0.25, -0.2) is 8.78 Å². The summed E-state index contributed by atoms with van der Waals surface area (Å²) in [5.74, 6) is 10.3. The molecule has 0 radical (unpaired) electrons. The van der Waals surface area contributed by atoms with Crippen molar-refractivity contribution in [3.63, 3.8) is 0 Å². The summed E-state index contributed by atoms with van der Waals surface area (Å²) in [6.45, 7) is 4.16. The zero-order valence-corrected chi connectivity index (χ0v) is 19.5. The summed E-state index contributed by atoms with van der Waals surface area (Å²) in [5, 5.41) is 0. The molecule has 33 heavy (non-hydrogen) atoms. The fourth-order valence-corrected chi connectivity index (χ4v) is 3.58. The van der Waals surface area contributed by atoms with Crippen molar-refractivity contribution in [1.29, 1.82) is 0 Å². The van der Waals surface area contributed by atoms with Gasteiger partial charge in [-0.05, 0) is 72.9 Å². The number of rotatable bonds is 7. The standard InChI is InChI=1S/C31H30F2/c1-3-5-6-7-9-24-10-12-25(13-11-24)14-15-26-16-18-27(19-17-26)20-21-29-23-22-28(8-4-2)30(32)31(29)33/h10-13,16-19,22-23H,3-9H2,1-2H3. The minimum absolute atomic E-state index is 0.0741. The van der Waals surface area contributed by atoms with E-state index in [0.717, 1.165) is 29.5 Å². The van der Waals surface area contributed by atoms with Gasteiger partial charge in [0.25, 0.3) is 0 Å². The molecule has 168 valence electrons. The number of unbranched alkanes of at least 4 members (excludes halogenated alkanes) is 3. The maximum absolute atomic E-state index is 14.2. The van der Waals surface area contributed by atoms with E-state index in [0.29, 0.717) is 12.0 Å². The van der Waals surface area contributed by atoms with Crippen molar-refractivity contribution < 1.29 is 8.78 Å². The van der Waals surface area contributed by atoms with Crippen LogP contribution in [0.15, 0.2) is 60.7 Å². The van der Waals surface area contributed by atoms with E-state index in [1.807, 2.05) is 31.2 Å². The van der Waals surface area contributed by atoms with Gasteiger partial charge in [0.1, 0.15) is 0 Å². The largest absolute Gasteiger partial charge is 0.203 e. The SMILES string of the molecule is CCCCCCc1ccc(C#Cc2ccc(C#Cc3ccc(CCC)c(F)c3F)cc2)cc1. The molecule has 3 aromatic rings. The summed E-state index contributed by atoms with van der Waals surface area (Å²) in [6.07, 6.45) is 7.48. The Morgan fingerprint density at radius 2 is 1.12 bits per heavy atom. The molecule has 0 N–H and O–H groups in total. The monoisotopic (exact) mass is 440 g/mol. The van der Waals surface area contributed by atoms with Crippen molar-refractivity contribution in [3.05, 3.63) is 106 Å². The zero-order chi connectivity index (χ0) is 23.5. The third-order valence-corrected chi connectivity index (χ3v) is 5.53. The lowest BCUT2D eigenvalue weighted by Gasteiger charge is -2.03. The van der Waals surface area contributed by atoms with Crippen LogP contribution in [0.2, 0.25) is 0 Å². The summed E-state index contributed by atoms with van der Waals surface area (Å²) in [5.41, 5.74) is 4.42. The molecule has 0 heterocycles. The molecule has 0 aliphatic rings. The van der Waals surface area contributed by atoms with Gasteiger partial charge in [0.15, 0.2) is 11.6 Å². The summed E-state index contributed by atoms with van der Waals surface area (Å²) < 4.78 is 28.3. The van der Waals surface area contributed by atoms with Gasteiger partial charge in [-0.3, -0.25) is 0 Å². The molecule has 0 bridgehead atoms. The summed E-state index contributed by atoms with van der Waals surface area (Å²) in [4.78, 5) is 0. The zero-order valence-electron chi connectivity index (χ0n) is 19.5. The van der Waals surface area contributed by atoms with Gasteiger partial charge in [-0.1, -0.05) is 81.4 Å². The average Bonchev–Trinajstić information content (AvgIpc) is 2.84. The molecule has 3 rings (SSSR count). The second kappa shape index (κ2) is 12.6. The highest BCUT2D eigenvalue weighted by Crippen LogP contribution is 2.17. The molecule has 0 aromatic heterocycles. The molecule has 2 heteroatoms. The summed E-state index contributed by atoms with van der Waals surface area (Å²) in [6, 6.07) is 19.1. The lowest BCUT2D eigenvalue weighted by Crippen LogP contribution is -1.97. The van der Waals surface area contributed by atoms with E-state index >= 15 is 0 Å². The highest BCUT2D eigenvalue weighted by molar-refractivity contribution is 5.48. The normalized spacial score (nSPS) is 10.2. The molecule has 0 aliphatic carbocycles. The van der Waals surface area contributed by atoms with Crippen LogP contribution in [0.3, 0.4) is 0 Å². The van der Waals surface area contributed by atoms with Crippen LogP contribution in [0.25, 0.3) is 0 Å². The first-order valence-electron chi connectivity index (χ1n) is 11.8. The molecule has 0 fully saturated rings. The Hall–Kier alpha value is -3.36. The Balaban J connectivity index is 1.62. The number of hydrogen-bond donors (Lipinski definition) is 0. The van der Waals surface area contributed by atoms with Crippen LogP contribution in [-0.2, 0) is 12.8 Å².